The quantitative estimate of drug-likeness (QED) is 0.724. The molecule has 1 heterocycles. The molecule has 0 aliphatic carbocycles. The normalized spacial score (nSPS) is 10.1. The van der Waals surface area contributed by atoms with Crippen LogP contribution in [0.3, 0.4) is 0 Å². The first-order valence-corrected chi connectivity index (χ1v) is 4.24. The van der Waals surface area contributed by atoms with Crippen molar-refractivity contribution < 1.29 is 4.39 Å². The van der Waals surface area contributed by atoms with E-state index in [1.807, 2.05) is 0 Å². The third kappa shape index (κ3) is 1.85. The molecule has 5 heteroatoms. The van der Waals surface area contributed by atoms with Crippen molar-refractivity contribution in [1.29, 1.82) is 0 Å². The fourth-order valence-corrected chi connectivity index (χ4v) is 1.13. The maximum absolute atomic E-state index is 12.6. The number of rotatable bonds is 1. The van der Waals surface area contributed by atoms with Crippen LogP contribution in [0.1, 0.15) is 0 Å². The molecule has 1 aromatic heterocycles. The topological polar surface area (TPSA) is 38.7 Å². The van der Waals surface area contributed by atoms with Gasteiger partial charge in [-0.2, -0.15) is 5.10 Å². The summed E-state index contributed by atoms with van der Waals surface area (Å²) in [5, 5.41) is 7.68. The van der Waals surface area contributed by atoms with E-state index < -0.39 is 0 Å². The summed E-state index contributed by atoms with van der Waals surface area (Å²) in [4.78, 5) is 3.94. The lowest BCUT2D eigenvalue weighted by atomic mass is 10.2. The Morgan fingerprint density at radius 2 is 1.86 bits per heavy atom. The first-order chi connectivity index (χ1) is 6.75. The largest absolute Gasteiger partial charge is 0.213 e. The van der Waals surface area contributed by atoms with E-state index >= 15 is 0 Å². The molecule has 2 rings (SSSR count). The smallest absolute Gasteiger partial charge is 0.183 e. The third-order valence-electron chi connectivity index (χ3n) is 1.63. The van der Waals surface area contributed by atoms with Crippen LogP contribution in [0.5, 0.6) is 0 Å². The predicted octanol–water partition coefficient (Wildman–Crippen LogP) is 2.33. The zero-order valence-electron chi connectivity index (χ0n) is 6.98. The van der Waals surface area contributed by atoms with Gasteiger partial charge in [0.15, 0.2) is 11.0 Å². The van der Waals surface area contributed by atoms with Crippen LogP contribution in [0, 0.1) is 5.82 Å². The molecule has 0 fully saturated rings. The average molecular weight is 210 g/mol. The summed E-state index contributed by atoms with van der Waals surface area (Å²) in [6.07, 6.45) is 1.34. The average Bonchev–Trinajstić information content (AvgIpc) is 2.19. The molecule has 0 aliphatic rings. The second kappa shape index (κ2) is 3.67. The summed E-state index contributed by atoms with van der Waals surface area (Å²) in [6.45, 7) is 0. The van der Waals surface area contributed by atoms with Crippen LogP contribution in [0.15, 0.2) is 30.5 Å². The summed E-state index contributed by atoms with van der Waals surface area (Å²) < 4.78 is 12.6. The molecular weight excluding hydrogens is 205 g/mol. The summed E-state index contributed by atoms with van der Waals surface area (Å²) in [5.74, 6) is 0.0845. The maximum Gasteiger partial charge on any atom is 0.183 e. The van der Waals surface area contributed by atoms with Gasteiger partial charge in [0, 0.05) is 5.56 Å². The highest BCUT2D eigenvalue weighted by atomic mass is 35.5. The molecule has 0 atom stereocenters. The second-order valence-electron chi connectivity index (χ2n) is 2.61. The Hall–Kier alpha value is -1.55. The molecule has 0 N–H and O–H groups in total. The van der Waals surface area contributed by atoms with E-state index in [4.69, 9.17) is 11.6 Å². The molecule has 0 aliphatic heterocycles. The van der Waals surface area contributed by atoms with E-state index in [1.54, 1.807) is 12.1 Å². The van der Waals surface area contributed by atoms with Crippen molar-refractivity contribution in [2.24, 2.45) is 0 Å². The Morgan fingerprint density at radius 3 is 2.50 bits per heavy atom. The summed E-state index contributed by atoms with van der Waals surface area (Å²) in [6, 6.07) is 5.81. The van der Waals surface area contributed by atoms with Gasteiger partial charge in [-0.3, -0.25) is 0 Å². The monoisotopic (exact) mass is 209 g/mol. The maximum atomic E-state index is 12.6. The van der Waals surface area contributed by atoms with Crippen LogP contribution in [0.2, 0.25) is 5.15 Å². The molecular formula is C9H5ClFN3. The predicted molar refractivity (Wildman–Crippen MR) is 50.2 cm³/mol. The molecule has 3 nitrogen and oxygen atoms in total. The van der Waals surface area contributed by atoms with Gasteiger partial charge in [0.05, 0.1) is 6.20 Å². The van der Waals surface area contributed by atoms with Crippen molar-refractivity contribution >= 4 is 11.6 Å². The molecule has 0 saturated carbocycles. The molecule has 0 radical (unpaired) electrons. The molecule has 70 valence electrons. The van der Waals surface area contributed by atoms with Crippen molar-refractivity contribution in [2.75, 3.05) is 0 Å². The van der Waals surface area contributed by atoms with Crippen LogP contribution < -0.4 is 0 Å². The number of benzene rings is 1. The highest BCUT2D eigenvalue weighted by molar-refractivity contribution is 6.29. The van der Waals surface area contributed by atoms with E-state index in [-0.39, 0.29) is 11.0 Å². The van der Waals surface area contributed by atoms with Gasteiger partial charge in [-0.25, -0.2) is 9.37 Å². The van der Waals surface area contributed by atoms with Crippen LogP contribution in [-0.4, -0.2) is 15.2 Å². The first kappa shape index (κ1) is 9.02. The minimum absolute atomic E-state index is 0.263. The molecule has 2 aromatic rings. The van der Waals surface area contributed by atoms with Crippen molar-refractivity contribution in [3.8, 4) is 11.4 Å². The molecule has 14 heavy (non-hydrogen) atoms. The van der Waals surface area contributed by atoms with Gasteiger partial charge in [0.1, 0.15) is 5.82 Å². The van der Waals surface area contributed by atoms with Crippen LogP contribution >= 0.6 is 11.6 Å². The lowest BCUT2D eigenvalue weighted by molar-refractivity contribution is 0.628. The number of halogens is 2. The SMILES string of the molecule is Fc1ccc(-c2nncc(Cl)n2)cc1. The van der Waals surface area contributed by atoms with Crippen molar-refractivity contribution in [1.82, 2.24) is 15.2 Å². The Kier molecular flexibility index (Phi) is 2.37. The van der Waals surface area contributed by atoms with E-state index in [1.165, 1.54) is 18.3 Å². The molecule has 0 amide bonds. The summed E-state index contributed by atoms with van der Waals surface area (Å²) >= 11 is 5.64. The molecule has 1 aromatic carbocycles. The van der Waals surface area contributed by atoms with Gasteiger partial charge in [0.2, 0.25) is 0 Å². The van der Waals surface area contributed by atoms with E-state index in [0.29, 0.717) is 11.4 Å². The van der Waals surface area contributed by atoms with Gasteiger partial charge in [-0.1, -0.05) is 11.6 Å². The Balaban J connectivity index is 2.44. The van der Waals surface area contributed by atoms with Gasteiger partial charge < -0.3 is 0 Å². The van der Waals surface area contributed by atoms with Gasteiger partial charge in [0.25, 0.3) is 0 Å². The lowest BCUT2D eigenvalue weighted by Gasteiger charge is -1.97. The zero-order chi connectivity index (χ0) is 9.97. The minimum Gasteiger partial charge on any atom is -0.213 e. The Labute approximate surface area is 84.6 Å². The fourth-order valence-electron chi connectivity index (χ4n) is 1.00. The highest BCUT2D eigenvalue weighted by Gasteiger charge is 2.02. The number of hydrogen-bond donors (Lipinski definition) is 0. The van der Waals surface area contributed by atoms with Crippen molar-refractivity contribution in [3.05, 3.63) is 41.4 Å². The second-order valence-corrected chi connectivity index (χ2v) is 3.00. The van der Waals surface area contributed by atoms with Crippen LogP contribution in [0.4, 0.5) is 4.39 Å². The molecule has 0 unspecified atom stereocenters. The fraction of sp³-hybridized carbons (Fsp3) is 0. The molecule has 0 bridgehead atoms. The Morgan fingerprint density at radius 1 is 1.14 bits per heavy atom. The van der Waals surface area contributed by atoms with E-state index in [2.05, 4.69) is 15.2 Å². The summed E-state index contributed by atoms with van der Waals surface area (Å²) in [5.41, 5.74) is 0.682. The minimum atomic E-state index is -0.302. The molecule has 0 saturated heterocycles. The standard InChI is InChI=1S/C9H5ClFN3/c10-8-5-12-14-9(13-8)6-1-3-7(11)4-2-6/h1-5H. The van der Waals surface area contributed by atoms with E-state index in [0.717, 1.165) is 0 Å². The number of aromatic nitrogens is 3. The third-order valence-corrected chi connectivity index (χ3v) is 1.81. The van der Waals surface area contributed by atoms with Crippen LogP contribution in [0.25, 0.3) is 11.4 Å². The van der Waals surface area contributed by atoms with Gasteiger partial charge in [-0.05, 0) is 24.3 Å². The number of hydrogen-bond acceptors (Lipinski definition) is 3. The zero-order valence-corrected chi connectivity index (χ0v) is 7.74. The van der Waals surface area contributed by atoms with Crippen molar-refractivity contribution in [3.63, 3.8) is 0 Å². The molecule has 0 spiro atoms. The lowest BCUT2D eigenvalue weighted by Crippen LogP contribution is -1.91. The van der Waals surface area contributed by atoms with Crippen LogP contribution in [-0.2, 0) is 0 Å². The highest BCUT2D eigenvalue weighted by Crippen LogP contribution is 2.15. The van der Waals surface area contributed by atoms with Crippen molar-refractivity contribution in [2.45, 2.75) is 0 Å². The number of nitrogens with zero attached hydrogens (tertiary/aromatic N) is 3. The van der Waals surface area contributed by atoms with E-state index in [9.17, 15) is 4.39 Å². The van der Waals surface area contributed by atoms with Gasteiger partial charge >= 0.3 is 0 Å². The first-order valence-electron chi connectivity index (χ1n) is 3.87. The Bertz CT molecular complexity index is 444. The summed E-state index contributed by atoms with van der Waals surface area (Å²) in [7, 11) is 0. The van der Waals surface area contributed by atoms with Gasteiger partial charge in [-0.15, -0.1) is 5.10 Å².